The minimum atomic E-state index is -0.246. The number of carbonyl (C=O) groups excluding carboxylic acids is 1. The Morgan fingerprint density at radius 1 is 1.32 bits per heavy atom. The second-order valence-corrected chi connectivity index (χ2v) is 5.36. The third-order valence-corrected chi connectivity index (χ3v) is 3.60. The number of carbonyl (C=O) groups is 1. The minimum Gasteiger partial charge on any atom is -0.497 e. The van der Waals surface area contributed by atoms with Gasteiger partial charge in [-0.2, -0.15) is 0 Å². The van der Waals surface area contributed by atoms with Gasteiger partial charge in [0.2, 0.25) is 0 Å². The van der Waals surface area contributed by atoms with E-state index in [-0.39, 0.29) is 17.3 Å². The molecule has 4 heteroatoms. The average molecular weight is 264 g/mol. The van der Waals surface area contributed by atoms with E-state index in [4.69, 9.17) is 14.2 Å². The van der Waals surface area contributed by atoms with Crippen LogP contribution in [0.2, 0.25) is 0 Å². The van der Waals surface area contributed by atoms with Crippen LogP contribution in [-0.2, 0) is 14.3 Å². The first kappa shape index (κ1) is 13.9. The van der Waals surface area contributed by atoms with Gasteiger partial charge < -0.3 is 14.2 Å². The minimum absolute atomic E-state index is 0.0682. The van der Waals surface area contributed by atoms with Crippen LogP contribution in [-0.4, -0.2) is 33.4 Å². The Bertz CT molecular complexity index is 434. The van der Waals surface area contributed by atoms with Crippen LogP contribution >= 0.6 is 0 Å². The van der Waals surface area contributed by atoms with Crippen LogP contribution in [0.5, 0.6) is 5.75 Å². The molecule has 0 amide bonds. The van der Waals surface area contributed by atoms with Gasteiger partial charge in [0.15, 0.2) is 0 Å². The Kier molecular flexibility index (Phi) is 4.10. The molecule has 0 bridgehead atoms. The van der Waals surface area contributed by atoms with Crippen molar-refractivity contribution in [2.24, 2.45) is 5.41 Å². The highest BCUT2D eigenvalue weighted by Gasteiger charge is 2.38. The van der Waals surface area contributed by atoms with Crippen LogP contribution in [0.3, 0.4) is 0 Å². The summed E-state index contributed by atoms with van der Waals surface area (Å²) in [6.07, 6.45) is 0.742. The largest absolute Gasteiger partial charge is 0.497 e. The van der Waals surface area contributed by atoms with Crippen LogP contribution in [0.1, 0.15) is 24.8 Å². The van der Waals surface area contributed by atoms with Crippen molar-refractivity contribution in [2.75, 3.05) is 27.4 Å². The smallest absolute Gasteiger partial charge is 0.313 e. The molecule has 1 fully saturated rings. The van der Waals surface area contributed by atoms with E-state index in [9.17, 15) is 4.79 Å². The second kappa shape index (κ2) is 5.61. The lowest BCUT2D eigenvalue weighted by atomic mass is 9.77. The Morgan fingerprint density at radius 2 is 1.95 bits per heavy atom. The fourth-order valence-corrected chi connectivity index (χ4v) is 2.38. The van der Waals surface area contributed by atoms with E-state index < -0.39 is 0 Å². The molecule has 0 spiro atoms. The molecule has 0 N–H and O–H groups in total. The molecule has 1 unspecified atom stereocenters. The van der Waals surface area contributed by atoms with Crippen molar-refractivity contribution in [3.05, 3.63) is 29.8 Å². The maximum Gasteiger partial charge on any atom is 0.313 e. The highest BCUT2D eigenvalue weighted by Crippen LogP contribution is 2.38. The molecule has 1 atom stereocenters. The molecule has 19 heavy (non-hydrogen) atoms. The first-order chi connectivity index (χ1) is 9.08. The Balaban J connectivity index is 2.18. The van der Waals surface area contributed by atoms with Crippen molar-refractivity contribution in [1.29, 1.82) is 0 Å². The van der Waals surface area contributed by atoms with E-state index in [1.165, 1.54) is 7.11 Å². The van der Waals surface area contributed by atoms with E-state index in [2.05, 4.69) is 6.92 Å². The van der Waals surface area contributed by atoms with Crippen molar-refractivity contribution < 1.29 is 19.0 Å². The maximum atomic E-state index is 12.0. The fourth-order valence-electron chi connectivity index (χ4n) is 2.38. The van der Waals surface area contributed by atoms with Crippen LogP contribution in [0.25, 0.3) is 0 Å². The van der Waals surface area contributed by atoms with Crippen LogP contribution in [0.4, 0.5) is 0 Å². The van der Waals surface area contributed by atoms with Crippen molar-refractivity contribution in [2.45, 2.75) is 19.3 Å². The molecule has 1 aromatic rings. The Morgan fingerprint density at radius 3 is 2.37 bits per heavy atom. The number of esters is 1. The van der Waals surface area contributed by atoms with Crippen molar-refractivity contribution in [3.8, 4) is 5.75 Å². The van der Waals surface area contributed by atoms with Crippen molar-refractivity contribution >= 4 is 5.97 Å². The molecule has 4 nitrogen and oxygen atoms in total. The zero-order valence-electron chi connectivity index (χ0n) is 11.6. The molecule has 0 radical (unpaired) electrons. The van der Waals surface area contributed by atoms with Gasteiger partial charge in [-0.15, -0.1) is 0 Å². The van der Waals surface area contributed by atoms with Crippen LogP contribution in [0, 0.1) is 5.41 Å². The number of benzene rings is 1. The quantitative estimate of drug-likeness (QED) is 0.766. The summed E-state index contributed by atoms with van der Waals surface area (Å²) >= 11 is 0. The summed E-state index contributed by atoms with van der Waals surface area (Å²) in [6.45, 7) is 3.54. The first-order valence-corrected chi connectivity index (χ1v) is 6.37. The van der Waals surface area contributed by atoms with Gasteiger partial charge in [-0.05, 0) is 24.1 Å². The van der Waals surface area contributed by atoms with Gasteiger partial charge in [0.05, 0.1) is 33.4 Å². The Labute approximate surface area is 113 Å². The highest BCUT2D eigenvalue weighted by molar-refractivity contribution is 5.78. The molecule has 1 aromatic carbocycles. The molecule has 0 aliphatic carbocycles. The summed E-state index contributed by atoms with van der Waals surface area (Å²) < 4.78 is 15.3. The molecule has 0 saturated carbocycles. The molecule has 1 aliphatic heterocycles. The summed E-state index contributed by atoms with van der Waals surface area (Å²) in [4.78, 5) is 12.0. The van der Waals surface area contributed by atoms with Gasteiger partial charge in [-0.25, -0.2) is 0 Å². The van der Waals surface area contributed by atoms with Gasteiger partial charge in [-0.1, -0.05) is 19.1 Å². The van der Waals surface area contributed by atoms with Gasteiger partial charge in [0.25, 0.3) is 0 Å². The molecule has 1 heterocycles. The zero-order chi connectivity index (χ0) is 13.9. The summed E-state index contributed by atoms with van der Waals surface area (Å²) in [7, 11) is 3.05. The normalized spacial score (nSPS) is 18.3. The average Bonchev–Trinajstić information content (AvgIpc) is 2.42. The monoisotopic (exact) mass is 264 g/mol. The third kappa shape index (κ3) is 3.07. The van der Waals surface area contributed by atoms with E-state index in [1.54, 1.807) is 7.11 Å². The lowest BCUT2D eigenvalue weighted by Crippen LogP contribution is -2.42. The van der Waals surface area contributed by atoms with Crippen molar-refractivity contribution in [3.63, 3.8) is 0 Å². The highest BCUT2D eigenvalue weighted by atomic mass is 16.5. The number of rotatable bonds is 5. The number of hydrogen-bond acceptors (Lipinski definition) is 4. The van der Waals surface area contributed by atoms with E-state index >= 15 is 0 Å². The zero-order valence-corrected chi connectivity index (χ0v) is 11.6. The standard InChI is InChI=1S/C15H20O4/c1-15(9-19-10-15)8-13(14(16)18-3)11-4-6-12(17-2)7-5-11/h4-7,13H,8-10H2,1-3H3. The summed E-state index contributed by atoms with van der Waals surface area (Å²) in [6, 6.07) is 7.57. The second-order valence-electron chi connectivity index (χ2n) is 5.36. The molecule has 1 aliphatic rings. The van der Waals surface area contributed by atoms with E-state index in [0.717, 1.165) is 17.7 Å². The van der Waals surface area contributed by atoms with Gasteiger partial charge in [-0.3, -0.25) is 4.79 Å². The topological polar surface area (TPSA) is 44.8 Å². The molecular weight excluding hydrogens is 244 g/mol. The summed E-state index contributed by atoms with van der Waals surface area (Å²) in [5.41, 5.74) is 1.03. The predicted octanol–water partition coefficient (Wildman–Crippen LogP) is 2.38. The summed E-state index contributed by atoms with van der Waals surface area (Å²) in [5, 5.41) is 0. The SMILES string of the molecule is COC(=O)C(CC1(C)COC1)c1ccc(OC)cc1. The van der Waals surface area contributed by atoms with E-state index in [1.807, 2.05) is 24.3 Å². The molecule has 104 valence electrons. The molecule has 0 aromatic heterocycles. The lowest BCUT2D eigenvalue weighted by molar-refractivity contribution is -0.148. The molecule has 2 rings (SSSR count). The number of hydrogen-bond donors (Lipinski definition) is 0. The van der Waals surface area contributed by atoms with E-state index in [0.29, 0.717) is 13.2 Å². The molecular formula is C15H20O4. The van der Waals surface area contributed by atoms with Crippen LogP contribution in [0.15, 0.2) is 24.3 Å². The lowest BCUT2D eigenvalue weighted by Gasteiger charge is -2.40. The van der Waals surface area contributed by atoms with Gasteiger partial charge in [0.1, 0.15) is 5.75 Å². The summed E-state index contributed by atoms with van der Waals surface area (Å²) in [5.74, 6) is 0.341. The maximum absolute atomic E-state index is 12.0. The third-order valence-electron chi connectivity index (χ3n) is 3.60. The Hall–Kier alpha value is -1.55. The van der Waals surface area contributed by atoms with Gasteiger partial charge in [0, 0.05) is 5.41 Å². The number of methoxy groups -OCH3 is 2. The van der Waals surface area contributed by atoms with Gasteiger partial charge >= 0.3 is 5.97 Å². The molecule has 1 saturated heterocycles. The first-order valence-electron chi connectivity index (χ1n) is 6.37. The van der Waals surface area contributed by atoms with Crippen molar-refractivity contribution in [1.82, 2.24) is 0 Å². The van der Waals surface area contributed by atoms with Crippen LogP contribution < -0.4 is 4.74 Å². The number of ether oxygens (including phenoxy) is 3. The fraction of sp³-hybridized carbons (Fsp3) is 0.533. The predicted molar refractivity (Wildman–Crippen MR) is 71.3 cm³/mol.